The molecule has 1 heterocycles. The number of rotatable bonds is 5. The van der Waals surface area contributed by atoms with Gasteiger partial charge >= 0.3 is 0 Å². The van der Waals surface area contributed by atoms with E-state index < -0.39 is 15.9 Å². The molecule has 1 amide bonds. The molecule has 0 radical (unpaired) electrons. The number of amides is 1. The van der Waals surface area contributed by atoms with Gasteiger partial charge in [0.15, 0.2) is 0 Å². The van der Waals surface area contributed by atoms with Crippen molar-refractivity contribution >= 4 is 15.9 Å². The van der Waals surface area contributed by atoms with Gasteiger partial charge in [0.25, 0.3) is 0 Å². The molecule has 0 spiro atoms. The first kappa shape index (κ1) is 15.0. The van der Waals surface area contributed by atoms with Crippen molar-refractivity contribution in [1.82, 2.24) is 10.0 Å². The molecular formula is C13H19N3O3S. The molecule has 2 rings (SSSR count). The van der Waals surface area contributed by atoms with Crippen LogP contribution in [0.2, 0.25) is 0 Å². The van der Waals surface area contributed by atoms with Crippen LogP contribution in [0, 0.1) is 6.92 Å². The van der Waals surface area contributed by atoms with Crippen molar-refractivity contribution in [3.63, 3.8) is 0 Å². The predicted molar refractivity (Wildman–Crippen MR) is 75.9 cm³/mol. The fourth-order valence-corrected chi connectivity index (χ4v) is 3.37. The minimum Gasteiger partial charge on any atom is -0.366 e. The van der Waals surface area contributed by atoms with Crippen LogP contribution in [-0.4, -0.2) is 33.5 Å². The summed E-state index contributed by atoms with van der Waals surface area (Å²) in [5, 5.41) is 3.22. The molecule has 0 aliphatic carbocycles. The number of sulfonamides is 1. The van der Waals surface area contributed by atoms with Crippen LogP contribution in [0.4, 0.5) is 0 Å². The van der Waals surface area contributed by atoms with E-state index in [2.05, 4.69) is 10.0 Å². The number of carbonyl (C=O) groups excluding carboxylic acids is 1. The van der Waals surface area contributed by atoms with E-state index in [-0.39, 0.29) is 16.5 Å². The second kappa shape index (κ2) is 5.90. The monoisotopic (exact) mass is 297 g/mol. The van der Waals surface area contributed by atoms with Crippen LogP contribution >= 0.6 is 0 Å². The highest BCUT2D eigenvalue weighted by Crippen LogP contribution is 2.15. The van der Waals surface area contributed by atoms with Gasteiger partial charge < -0.3 is 11.1 Å². The minimum absolute atomic E-state index is 0.0647. The molecule has 0 bridgehead atoms. The summed E-state index contributed by atoms with van der Waals surface area (Å²) in [7, 11) is -3.62. The number of hydrogen-bond acceptors (Lipinski definition) is 4. The van der Waals surface area contributed by atoms with Crippen LogP contribution in [0.25, 0.3) is 0 Å². The predicted octanol–water partition coefficient (Wildman–Crippen LogP) is 0.124. The quantitative estimate of drug-likeness (QED) is 0.718. The van der Waals surface area contributed by atoms with Crippen molar-refractivity contribution in [1.29, 1.82) is 0 Å². The Morgan fingerprint density at radius 2 is 2.25 bits per heavy atom. The van der Waals surface area contributed by atoms with Gasteiger partial charge in [0, 0.05) is 18.2 Å². The average Bonchev–Trinajstić information content (AvgIpc) is 2.89. The fourth-order valence-electron chi connectivity index (χ4n) is 2.26. The zero-order valence-corrected chi connectivity index (χ0v) is 12.2. The Kier molecular flexibility index (Phi) is 4.42. The Morgan fingerprint density at radius 1 is 1.50 bits per heavy atom. The van der Waals surface area contributed by atoms with E-state index in [1.807, 2.05) is 0 Å². The molecule has 1 fully saturated rings. The Morgan fingerprint density at radius 3 is 2.85 bits per heavy atom. The minimum atomic E-state index is -3.62. The van der Waals surface area contributed by atoms with E-state index in [9.17, 15) is 13.2 Å². The van der Waals surface area contributed by atoms with Crippen LogP contribution < -0.4 is 15.8 Å². The Labute approximate surface area is 118 Å². The van der Waals surface area contributed by atoms with Crippen LogP contribution in [0.5, 0.6) is 0 Å². The maximum atomic E-state index is 12.2. The lowest BCUT2D eigenvalue weighted by Gasteiger charge is -2.13. The van der Waals surface area contributed by atoms with Crippen LogP contribution in [0.15, 0.2) is 23.1 Å². The molecule has 1 aliphatic heterocycles. The lowest BCUT2D eigenvalue weighted by atomic mass is 10.1. The maximum Gasteiger partial charge on any atom is 0.249 e. The number of hydrogen-bond donors (Lipinski definition) is 3. The molecule has 1 aliphatic rings. The summed E-state index contributed by atoms with van der Waals surface area (Å²) >= 11 is 0. The first-order valence-electron chi connectivity index (χ1n) is 6.53. The van der Waals surface area contributed by atoms with E-state index in [1.54, 1.807) is 13.0 Å². The molecule has 1 saturated heterocycles. The van der Waals surface area contributed by atoms with E-state index in [0.29, 0.717) is 12.1 Å². The van der Waals surface area contributed by atoms with Crippen molar-refractivity contribution in [2.75, 3.05) is 13.1 Å². The Balaban J connectivity index is 2.16. The van der Waals surface area contributed by atoms with Crippen LogP contribution in [0.1, 0.15) is 28.8 Å². The third-order valence-corrected chi connectivity index (χ3v) is 4.89. The SMILES string of the molecule is Cc1ccc(S(=O)(=O)NCC2CCCN2)cc1C(N)=O. The second-order valence-electron chi connectivity index (χ2n) is 4.99. The third-order valence-electron chi connectivity index (χ3n) is 3.47. The fraction of sp³-hybridized carbons (Fsp3) is 0.462. The van der Waals surface area contributed by atoms with Gasteiger partial charge in [-0.25, -0.2) is 13.1 Å². The maximum absolute atomic E-state index is 12.2. The molecule has 1 aromatic rings. The molecule has 7 heteroatoms. The first-order chi connectivity index (χ1) is 9.40. The Bertz CT molecular complexity index is 607. The Hall–Kier alpha value is -1.44. The number of nitrogens with two attached hydrogens (primary N) is 1. The van der Waals surface area contributed by atoms with Crippen molar-refractivity contribution < 1.29 is 13.2 Å². The van der Waals surface area contributed by atoms with E-state index in [4.69, 9.17) is 5.73 Å². The van der Waals surface area contributed by atoms with E-state index in [0.717, 1.165) is 19.4 Å². The molecule has 4 N–H and O–H groups in total. The van der Waals surface area contributed by atoms with E-state index in [1.165, 1.54) is 12.1 Å². The van der Waals surface area contributed by atoms with Crippen molar-refractivity contribution in [3.05, 3.63) is 29.3 Å². The molecular weight excluding hydrogens is 278 g/mol. The van der Waals surface area contributed by atoms with Gasteiger partial charge in [-0.3, -0.25) is 4.79 Å². The van der Waals surface area contributed by atoms with Crippen molar-refractivity contribution in [2.45, 2.75) is 30.7 Å². The first-order valence-corrected chi connectivity index (χ1v) is 8.02. The normalized spacial score (nSPS) is 19.1. The van der Waals surface area contributed by atoms with E-state index >= 15 is 0 Å². The summed E-state index contributed by atoms with van der Waals surface area (Å²) in [6.07, 6.45) is 2.02. The zero-order valence-electron chi connectivity index (χ0n) is 11.3. The average molecular weight is 297 g/mol. The lowest BCUT2D eigenvalue weighted by molar-refractivity contribution is 0.0999. The zero-order chi connectivity index (χ0) is 14.8. The number of aryl methyl sites for hydroxylation is 1. The topological polar surface area (TPSA) is 101 Å². The summed E-state index contributed by atoms with van der Waals surface area (Å²) in [5.41, 5.74) is 6.13. The van der Waals surface area contributed by atoms with Gasteiger partial charge in [0.2, 0.25) is 15.9 Å². The number of carbonyl (C=O) groups is 1. The molecule has 1 aromatic carbocycles. The summed E-state index contributed by atoms with van der Waals surface area (Å²) in [4.78, 5) is 11.3. The number of benzene rings is 1. The van der Waals surface area contributed by atoms with Crippen LogP contribution in [0.3, 0.4) is 0 Å². The molecule has 1 atom stereocenters. The largest absolute Gasteiger partial charge is 0.366 e. The standard InChI is InChI=1S/C13H19N3O3S/c1-9-4-5-11(7-12(9)13(14)17)20(18,19)16-8-10-3-2-6-15-10/h4-5,7,10,15-16H,2-3,6,8H2,1H3,(H2,14,17). The molecule has 0 aromatic heterocycles. The highest BCUT2D eigenvalue weighted by molar-refractivity contribution is 7.89. The molecule has 110 valence electrons. The third kappa shape index (κ3) is 3.36. The van der Waals surface area contributed by atoms with Gasteiger partial charge in [-0.1, -0.05) is 6.07 Å². The molecule has 6 nitrogen and oxygen atoms in total. The van der Waals surface area contributed by atoms with Gasteiger partial charge in [0.05, 0.1) is 4.90 Å². The smallest absolute Gasteiger partial charge is 0.249 e. The van der Waals surface area contributed by atoms with Crippen molar-refractivity contribution in [2.24, 2.45) is 5.73 Å². The molecule has 0 saturated carbocycles. The highest BCUT2D eigenvalue weighted by Gasteiger charge is 2.20. The second-order valence-corrected chi connectivity index (χ2v) is 6.75. The lowest BCUT2D eigenvalue weighted by Crippen LogP contribution is -2.37. The summed E-state index contributed by atoms with van der Waals surface area (Å²) in [6, 6.07) is 4.56. The molecule has 1 unspecified atom stereocenters. The van der Waals surface area contributed by atoms with Crippen molar-refractivity contribution in [3.8, 4) is 0 Å². The van der Waals surface area contributed by atoms with Gasteiger partial charge in [-0.2, -0.15) is 0 Å². The molecule has 20 heavy (non-hydrogen) atoms. The van der Waals surface area contributed by atoms with Gasteiger partial charge in [-0.15, -0.1) is 0 Å². The van der Waals surface area contributed by atoms with Gasteiger partial charge in [-0.05, 0) is 44.0 Å². The summed E-state index contributed by atoms with van der Waals surface area (Å²) < 4.78 is 26.9. The summed E-state index contributed by atoms with van der Waals surface area (Å²) in [6.45, 7) is 2.98. The van der Waals surface area contributed by atoms with Gasteiger partial charge in [0.1, 0.15) is 0 Å². The number of primary amides is 1. The van der Waals surface area contributed by atoms with Crippen LogP contribution in [-0.2, 0) is 10.0 Å². The summed E-state index contributed by atoms with van der Waals surface area (Å²) in [5.74, 6) is -0.628. The highest BCUT2D eigenvalue weighted by atomic mass is 32.2. The number of nitrogens with one attached hydrogen (secondary N) is 2.